The van der Waals surface area contributed by atoms with Gasteiger partial charge in [-0.3, -0.25) is 9.48 Å². The molecule has 0 radical (unpaired) electrons. The molecule has 0 aliphatic carbocycles. The lowest BCUT2D eigenvalue weighted by Gasteiger charge is -2.13. The van der Waals surface area contributed by atoms with Gasteiger partial charge in [0.15, 0.2) is 15.5 Å². The topological polar surface area (TPSA) is 90.3 Å². The molecule has 1 aliphatic rings. The highest BCUT2D eigenvalue weighted by atomic mass is 32.2. The number of nitrogens with one attached hydrogen (secondary N) is 1. The quantitative estimate of drug-likeness (QED) is 0.653. The maximum atomic E-state index is 13.0. The molecule has 0 bridgehead atoms. The van der Waals surface area contributed by atoms with E-state index in [2.05, 4.69) is 10.4 Å². The van der Waals surface area contributed by atoms with Crippen LogP contribution in [0.2, 0.25) is 0 Å². The number of benzene rings is 2. The van der Waals surface area contributed by atoms with Gasteiger partial charge < -0.3 is 10.1 Å². The summed E-state index contributed by atoms with van der Waals surface area (Å²) in [6.07, 6.45) is 0.477. The normalized spacial score (nSPS) is 17.5. The lowest BCUT2D eigenvalue weighted by molar-refractivity contribution is 0.102. The molecule has 4 rings (SSSR count). The number of carbonyl (C=O) groups is 1. The van der Waals surface area contributed by atoms with Gasteiger partial charge in [-0.25, -0.2) is 8.42 Å². The molecule has 0 spiro atoms. The zero-order valence-corrected chi connectivity index (χ0v) is 18.6. The fourth-order valence-electron chi connectivity index (χ4n) is 3.87. The Morgan fingerprint density at radius 1 is 1.13 bits per heavy atom. The Kier molecular flexibility index (Phi) is 5.58. The number of aryl methyl sites for hydroxylation is 2. The number of carbonyl (C=O) groups excluding carboxylic acids is 1. The summed E-state index contributed by atoms with van der Waals surface area (Å²) >= 11 is 0. The Morgan fingerprint density at radius 3 is 2.48 bits per heavy atom. The van der Waals surface area contributed by atoms with Crippen molar-refractivity contribution in [2.75, 3.05) is 23.9 Å². The van der Waals surface area contributed by atoms with Crippen LogP contribution in [0, 0.1) is 13.8 Å². The number of rotatable bonds is 5. The summed E-state index contributed by atoms with van der Waals surface area (Å²) in [5.41, 5.74) is 4.59. The van der Waals surface area contributed by atoms with Gasteiger partial charge in [-0.2, -0.15) is 5.10 Å². The van der Waals surface area contributed by atoms with E-state index in [1.54, 1.807) is 17.9 Å². The van der Waals surface area contributed by atoms with Gasteiger partial charge in [0.05, 0.1) is 30.4 Å². The van der Waals surface area contributed by atoms with Crippen molar-refractivity contribution in [1.82, 2.24) is 9.78 Å². The van der Waals surface area contributed by atoms with Crippen LogP contribution in [0.1, 0.15) is 34.1 Å². The predicted molar refractivity (Wildman–Crippen MR) is 120 cm³/mol. The molecule has 1 atom stereocenters. The number of nitrogens with zero attached hydrogens (tertiary/aromatic N) is 2. The fourth-order valence-corrected chi connectivity index (χ4v) is 5.56. The van der Waals surface area contributed by atoms with Gasteiger partial charge in [0.25, 0.3) is 5.91 Å². The number of hydrogen-bond acceptors (Lipinski definition) is 5. The van der Waals surface area contributed by atoms with Crippen molar-refractivity contribution in [2.45, 2.75) is 26.3 Å². The number of aromatic nitrogens is 2. The van der Waals surface area contributed by atoms with E-state index in [1.807, 2.05) is 56.3 Å². The molecule has 0 unspecified atom stereocenters. The molecule has 1 N–H and O–H groups in total. The largest absolute Gasteiger partial charge is 0.497 e. The molecule has 1 aliphatic heterocycles. The number of hydrogen-bond donors (Lipinski definition) is 1. The minimum Gasteiger partial charge on any atom is -0.497 e. The summed E-state index contributed by atoms with van der Waals surface area (Å²) in [5, 5.41) is 7.45. The molecule has 0 saturated carbocycles. The zero-order chi connectivity index (χ0) is 22.2. The number of sulfone groups is 1. The van der Waals surface area contributed by atoms with E-state index < -0.39 is 9.84 Å². The van der Waals surface area contributed by atoms with Crippen molar-refractivity contribution in [3.8, 4) is 17.0 Å². The first kappa shape index (κ1) is 21.1. The third-order valence-corrected chi connectivity index (χ3v) is 7.29. The molecule has 1 aromatic heterocycles. The smallest absolute Gasteiger partial charge is 0.276 e. The fraction of sp³-hybridized carbons (Fsp3) is 0.304. The molecule has 2 heterocycles. The van der Waals surface area contributed by atoms with E-state index >= 15 is 0 Å². The molecule has 3 aromatic rings. The summed E-state index contributed by atoms with van der Waals surface area (Å²) in [6, 6.07) is 14.6. The van der Waals surface area contributed by atoms with Crippen molar-refractivity contribution in [3.05, 3.63) is 65.4 Å². The SMILES string of the molecule is COc1ccc(-c2cc(C(=O)Nc3ccc(C)cc3C)nn2[C@@H]2CCS(=O)(=O)C2)cc1. The molecule has 1 amide bonds. The number of ether oxygens (including phenoxy) is 1. The van der Waals surface area contributed by atoms with Crippen LogP contribution in [0.5, 0.6) is 5.75 Å². The van der Waals surface area contributed by atoms with Gasteiger partial charge in [-0.15, -0.1) is 0 Å². The lowest BCUT2D eigenvalue weighted by Crippen LogP contribution is -2.17. The molecule has 1 saturated heterocycles. The standard InChI is InChI=1S/C23H25N3O4S/c1-15-4-9-20(16(2)12-15)24-23(27)21-13-22(17-5-7-19(30-3)8-6-17)26(25-21)18-10-11-31(28,29)14-18/h4-9,12-13,18H,10-11,14H2,1-3H3,(H,24,27)/t18-/m1/s1. The number of amides is 1. The van der Waals surface area contributed by atoms with Crippen LogP contribution in [-0.4, -0.2) is 42.7 Å². The van der Waals surface area contributed by atoms with Gasteiger partial charge in [0, 0.05) is 11.3 Å². The Morgan fingerprint density at radius 2 is 1.87 bits per heavy atom. The molecule has 1 fully saturated rings. The minimum absolute atomic E-state index is 0.0238. The minimum atomic E-state index is -3.10. The van der Waals surface area contributed by atoms with Crippen LogP contribution in [0.4, 0.5) is 5.69 Å². The molecular weight excluding hydrogens is 414 g/mol. The Labute approximate surface area is 182 Å². The van der Waals surface area contributed by atoms with E-state index in [-0.39, 0.29) is 29.1 Å². The van der Waals surface area contributed by atoms with Crippen LogP contribution in [0.25, 0.3) is 11.3 Å². The predicted octanol–water partition coefficient (Wildman–Crippen LogP) is 3.79. The monoisotopic (exact) mass is 439 g/mol. The van der Waals surface area contributed by atoms with Crippen LogP contribution in [0.15, 0.2) is 48.5 Å². The molecule has 2 aromatic carbocycles. The zero-order valence-electron chi connectivity index (χ0n) is 17.8. The Balaban J connectivity index is 1.70. The second kappa shape index (κ2) is 8.19. The molecule has 8 heteroatoms. The van der Waals surface area contributed by atoms with Gasteiger partial charge >= 0.3 is 0 Å². The van der Waals surface area contributed by atoms with Crippen molar-refractivity contribution in [1.29, 1.82) is 0 Å². The van der Waals surface area contributed by atoms with Gasteiger partial charge in [0.1, 0.15) is 5.75 Å². The highest BCUT2D eigenvalue weighted by Crippen LogP contribution is 2.31. The summed E-state index contributed by atoms with van der Waals surface area (Å²) in [5.74, 6) is 0.534. The first-order valence-electron chi connectivity index (χ1n) is 10.1. The molecule has 162 valence electrons. The molecule has 31 heavy (non-hydrogen) atoms. The maximum Gasteiger partial charge on any atom is 0.276 e. The number of anilines is 1. The summed E-state index contributed by atoms with van der Waals surface area (Å²) < 4.78 is 31.0. The van der Waals surface area contributed by atoms with E-state index in [1.165, 1.54) is 0 Å². The number of methoxy groups -OCH3 is 1. The van der Waals surface area contributed by atoms with Crippen LogP contribution in [-0.2, 0) is 9.84 Å². The van der Waals surface area contributed by atoms with Crippen molar-refractivity contribution < 1.29 is 17.9 Å². The van der Waals surface area contributed by atoms with E-state index in [4.69, 9.17) is 4.74 Å². The van der Waals surface area contributed by atoms with Crippen LogP contribution >= 0.6 is 0 Å². The van der Waals surface area contributed by atoms with E-state index in [0.29, 0.717) is 17.9 Å². The van der Waals surface area contributed by atoms with Crippen molar-refractivity contribution in [2.24, 2.45) is 0 Å². The summed E-state index contributed by atoms with van der Waals surface area (Å²) in [6.45, 7) is 3.93. The summed E-state index contributed by atoms with van der Waals surface area (Å²) in [4.78, 5) is 13.0. The maximum absolute atomic E-state index is 13.0. The van der Waals surface area contributed by atoms with Crippen molar-refractivity contribution >= 4 is 21.4 Å². The third-order valence-electron chi connectivity index (χ3n) is 5.54. The molecule has 7 nitrogen and oxygen atoms in total. The van der Waals surface area contributed by atoms with Crippen molar-refractivity contribution in [3.63, 3.8) is 0 Å². The van der Waals surface area contributed by atoms with Gasteiger partial charge in [-0.05, 0) is 62.2 Å². The average Bonchev–Trinajstić information content (AvgIpc) is 3.33. The first-order valence-corrected chi connectivity index (χ1v) is 11.9. The summed E-state index contributed by atoms with van der Waals surface area (Å²) in [7, 11) is -1.51. The van der Waals surface area contributed by atoms with Gasteiger partial charge in [0.2, 0.25) is 0 Å². The lowest BCUT2D eigenvalue weighted by atomic mass is 10.1. The second-order valence-corrected chi connectivity index (χ2v) is 10.1. The van der Waals surface area contributed by atoms with Crippen LogP contribution in [0.3, 0.4) is 0 Å². The van der Waals surface area contributed by atoms with E-state index in [0.717, 1.165) is 22.4 Å². The third kappa shape index (κ3) is 4.49. The highest BCUT2D eigenvalue weighted by molar-refractivity contribution is 7.91. The first-order chi connectivity index (χ1) is 14.8. The Bertz CT molecular complexity index is 1230. The van der Waals surface area contributed by atoms with Gasteiger partial charge in [-0.1, -0.05) is 17.7 Å². The second-order valence-electron chi connectivity index (χ2n) is 7.92. The van der Waals surface area contributed by atoms with E-state index in [9.17, 15) is 13.2 Å². The molecular formula is C23H25N3O4S. The Hall–Kier alpha value is -3.13. The highest BCUT2D eigenvalue weighted by Gasteiger charge is 2.32. The average molecular weight is 440 g/mol. The van der Waals surface area contributed by atoms with Crippen LogP contribution < -0.4 is 10.1 Å².